The minimum Gasteiger partial charge on any atom is -0.465 e. The molecule has 1 aliphatic rings. The molecule has 1 saturated carbocycles. The number of ether oxygens (including phenoxy) is 1. The lowest BCUT2D eigenvalue weighted by molar-refractivity contribution is 0.0606. The number of anilines is 1. The number of rotatable bonds is 4. The van der Waals surface area contributed by atoms with E-state index in [0.29, 0.717) is 16.8 Å². The molecule has 2 unspecified atom stereocenters. The van der Waals surface area contributed by atoms with Crippen LogP contribution >= 0.6 is 11.3 Å². The molecule has 1 fully saturated rings. The number of hydrogen-bond donors (Lipinski definition) is 1. The van der Waals surface area contributed by atoms with E-state index in [1.165, 1.54) is 24.0 Å². The molecule has 1 heterocycles. The number of carbonyl (C=O) groups excluding carboxylic acids is 1. The van der Waals surface area contributed by atoms with Crippen LogP contribution in [-0.4, -0.2) is 24.1 Å². The Morgan fingerprint density at radius 3 is 2.95 bits per heavy atom. The van der Waals surface area contributed by atoms with Crippen LogP contribution in [0.4, 0.5) is 5.13 Å². The van der Waals surface area contributed by atoms with Gasteiger partial charge in [0.1, 0.15) is 4.88 Å². The normalized spacial score (nSPS) is 20.9. The van der Waals surface area contributed by atoms with Crippen LogP contribution in [0.25, 0.3) is 0 Å². The van der Waals surface area contributed by atoms with Crippen LogP contribution in [0.1, 0.15) is 27.6 Å². The van der Waals surface area contributed by atoms with E-state index in [0.717, 1.165) is 11.6 Å². The zero-order chi connectivity index (χ0) is 13.2. The van der Waals surface area contributed by atoms with Gasteiger partial charge in [0, 0.05) is 12.0 Å². The van der Waals surface area contributed by atoms with Crippen LogP contribution < -0.4 is 5.32 Å². The van der Waals surface area contributed by atoms with E-state index in [2.05, 4.69) is 39.3 Å². The second-order valence-electron chi connectivity index (χ2n) is 4.52. The van der Waals surface area contributed by atoms with Gasteiger partial charge in [0.15, 0.2) is 5.13 Å². The van der Waals surface area contributed by atoms with E-state index in [1.54, 1.807) is 6.20 Å². The number of hydrogen-bond acceptors (Lipinski definition) is 5. The van der Waals surface area contributed by atoms with E-state index in [1.807, 2.05) is 6.07 Å². The maximum absolute atomic E-state index is 11.3. The Labute approximate surface area is 115 Å². The monoisotopic (exact) mass is 274 g/mol. The van der Waals surface area contributed by atoms with Crippen molar-refractivity contribution in [2.75, 3.05) is 12.4 Å². The first kappa shape index (κ1) is 12.2. The molecule has 0 saturated heterocycles. The Kier molecular flexibility index (Phi) is 3.21. The van der Waals surface area contributed by atoms with Crippen LogP contribution in [-0.2, 0) is 4.74 Å². The number of esters is 1. The third-order valence-electron chi connectivity index (χ3n) is 3.22. The van der Waals surface area contributed by atoms with Crippen molar-refractivity contribution in [3.05, 3.63) is 47.0 Å². The van der Waals surface area contributed by atoms with Gasteiger partial charge in [0.2, 0.25) is 0 Å². The molecule has 0 aliphatic heterocycles. The SMILES string of the molecule is COC(=O)c1cnc(NC2CC2c2ccccc2)s1. The highest BCUT2D eigenvalue weighted by Gasteiger charge is 2.38. The Balaban J connectivity index is 1.62. The molecule has 0 radical (unpaired) electrons. The van der Waals surface area contributed by atoms with Crippen molar-refractivity contribution < 1.29 is 9.53 Å². The molecular formula is C14H14N2O2S. The van der Waals surface area contributed by atoms with E-state index >= 15 is 0 Å². The summed E-state index contributed by atoms with van der Waals surface area (Å²) in [6, 6.07) is 10.9. The van der Waals surface area contributed by atoms with Crippen molar-refractivity contribution in [3.8, 4) is 0 Å². The molecule has 3 rings (SSSR count). The number of thiazole rings is 1. The summed E-state index contributed by atoms with van der Waals surface area (Å²) in [5.41, 5.74) is 1.35. The zero-order valence-electron chi connectivity index (χ0n) is 10.5. The Hall–Kier alpha value is -1.88. The van der Waals surface area contributed by atoms with Gasteiger partial charge in [0.05, 0.1) is 13.3 Å². The number of nitrogens with one attached hydrogen (secondary N) is 1. The predicted octanol–water partition coefficient (Wildman–Crippen LogP) is 2.90. The first-order chi connectivity index (χ1) is 9.28. The second kappa shape index (κ2) is 5.01. The fourth-order valence-electron chi connectivity index (χ4n) is 2.12. The largest absolute Gasteiger partial charge is 0.465 e. The summed E-state index contributed by atoms with van der Waals surface area (Å²) in [5, 5.41) is 4.14. The summed E-state index contributed by atoms with van der Waals surface area (Å²) in [6.07, 6.45) is 2.66. The van der Waals surface area contributed by atoms with Gasteiger partial charge in [-0.2, -0.15) is 0 Å². The lowest BCUT2D eigenvalue weighted by Crippen LogP contribution is -2.03. The van der Waals surface area contributed by atoms with Crippen LogP contribution in [0.3, 0.4) is 0 Å². The first-order valence-electron chi connectivity index (χ1n) is 6.13. The lowest BCUT2D eigenvalue weighted by atomic mass is 10.1. The molecule has 0 spiro atoms. The van der Waals surface area contributed by atoms with E-state index < -0.39 is 0 Å². The quantitative estimate of drug-likeness (QED) is 0.871. The highest BCUT2D eigenvalue weighted by molar-refractivity contribution is 7.17. The van der Waals surface area contributed by atoms with Crippen molar-refractivity contribution in [1.82, 2.24) is 4.98 Å². The fraction of sp³-hybridized carbons (Fsp3) is 0.286. The fourth-order valence-corrected chi connectivity index (χ4v) is 2.91. The number of nitrogens with zero attached hydrogens (tertiary/aromatic N) is 1. The Morgan fingerprint density at radius 2 is 2.21 bits per heavy atom. The molecule has 0 amide bonds. The minimum atomic E-state index is -0.332. The summed E-state index contributed by atoms with van der Waals surface area (Å²) in [4.78, 5) is 16.1. The molecule has 1 aliphatic carbocycles. The van der Waals surface area contributed by atoms with Gasteiger partial charge in [-0.1, -0.05) is 41.7 Å². The highest BCUT2D eigenvalue weighted by atomic mass is 32.1. The molecule has 1 aromatic carbocycles. The predicted molar refractivity (Wildman–Crippen MR) is 74.7 cm³/mol. The van der Waals surface area contributed by atoms with Gasteiger partial charge >= 0.3 is 5.97 Å². The summed E-state index contributed by atoms with van der Waals surface area (Å²) in [5.74, 6) is 0.215. The minimum absolute atomic E-state index is 0.332. The molecule has 2 atom stereocenters. The molecule has 0 bridgehead atoms. The van der Waals surface area contributed by atoms with Gasteiger partial charge in [-0.05, 0) is 12.0 Å². The summed E-state index contributed by atoms with van der Waals surface area (Å²) >= 11 is 1.33. The van der Waals surface area contributed by atoms with E-state index in [-0.39, 0.29) is 5.97 Å². The average molecular weight is 274 g/mol. The molecule has 19 heavy (non-hydrogen) atoms. The molecule has 2 aromatic rings. The third kappa shape index (κ3) is 2.61. The second-order valence-corrected chi connectivity index (χ2v) is 5.56. The van der Waals surface area contributed by atoms with E-state index in [4.69, 9.17) is 0 Å². The average Bonchev–Trinajstić information content (AvgIpc) is 3.06. The maximum Gasteiger partial charge on any atom is 0.349 e. The van der Waals surface area contributed by atoms with E-state index in [9.17, 15) is 4.79 Å². The van der Waals surface area contributed by atoms with Crippen molar-refractivity contribution >= 4 is 22.4 Å². The molecule has 5 heteroatoms. The van der Waals surface area contributed by atoms with Crippen LogP contribution in [0.15, 0.2) is 36.5 Å². The topological polar surface area (TPSA) is 51.2 Å². The number of carbonyl (C=O) groups is 1. The number of aromatic nitrogens is 1. The van der Waals surface area contributed by atoms with Gasteiger partial charge < -0.3 is 10.1 Å². The standard InChI is InChI=1S/C14H14N2O2S/c1-18-13(17)12-8-15-14(19-12)16-11-7-10(11)9-5-3-2-4-6-9/h2-6,8,10-11H,7H2,1H3,(H,15,16). The van der Waals surface area contributed by atoms with Crippen LogP contribution in [0.5, 0.6) is 0 Å². The number of methoxy groups -OCH3 is 1. The molecule has 98 valence electrons. The lowest BCUT2D eigenvalue weighted by Gasteiger charge is -2.01. The van der Waals surface area contributed by atoms with Gasteiger partial charge in [-0.15, -0.1) is 0 Å². The maximum atomic E-state index is 11.3. The summed E-state index contributed by atoms with van der Waals surface area (Å²) < 4.78 is 4.66. The Morgan fingerprint density at radius 1 is 1.42 bits per heavy atom. The molecule has 4 nitrogen and oxygen atoms in total. The van der Waals surface area contributed by atoms with Gasteiger partial charge in [-0.3, -0.25) is 0 Å². The molecule has 1 aromatic heterocycles. The van der Waals surface area contributed by atoms with Gasteiger partial charge in [0.25, 0.3) is 0 Å². The first-order valence-corrected chi connectivity index (χ1v) is 6.95. The van der Waals surface area contributed by atoms with Crippen LogP contribution in [0.2, 0.25) is 0 Å². The summed E-state index contributed by atoms with van der Waals surface area (Å²) in [6.45, 7) is 0. The van der Waals surface area contributed by atoms with Crippen molar-refractivity contribution in [2.45, 2.75) is 18.4 Å². The van der Waals surface area contributed by atoms with Crippen molar-refractivity contribution in [2.24, 2.45) is 0 Å². The van der Waals surface area contributed by atoms with Crippen molar-refractivity contribution in [3.63, 3.8) is 0 Å². The van der Waals surface area contributed by atoms with Crippen LogP contribution in [0, 0.1) is 0 Å². The number of benzene rings is 1. The smallest absolute Gasteiger partial charge is 0.349 e. The molecule has 1 N–H and O–H groups in total. The molecular weight excluding hydrogens is 260 g/mol. The van der Waals surface area contributed by atoms with Gasteiger partial charge in [-0.25, -0.2) is 9.78 Å². The Bertz CT molecular complexity index is 582. The highest BCUT2D eigenvalue weighted by Crippen LogP contribution is 2.43. The third-order valence-corrected chi connectivity index (χ3v) is 4.13. The summed E-state index contributed by atoms with van der Waals surface area (Å²) in [7, 11) is 1.38. The van der Waals surface area contributed by atoms with Crippen molar-refractivity contribution in [1.29, 1.82) is 0 Å². The zero-order valence-corrected chi connectivity index (χ0v) is 11.3.